The van der Waals surface area contributed by atoms with Gasteiger partial charge in [0.1, 0.15) is 11.8 Å². The van der Waals surface area contributed by atoms with E-state index in [9.17, 15) is 14.9 Å². The molecule has 7 heteroatoms. The van der Waals surface area contributed by atoms with Crippen molar-refractivity contribution in [2.24, 2.45) is 5.73 Å². The van der Waals surface area contributed by atoms with Crippen LogP contribution in [0, 0.1) is 24.0 Å². The van der Waals surface area contributed by atoms with E-state index in [-0.39, 0.29) is 18.7 Å². The Bertz CT molecular complexity index is 501. The molecule has 0 saturated carbocycles. The smallest absolute Gasteiger partial charge is 0.320 e. The van der Waals surface area contributed by atoms with E-state index in [1.54, 1.807) is 19.9 Å². The van der Waals surface area contributed by atoms with Gasteiger partial charge in [-0.15, -0.1) is 0 Å². The molecule has 1 atom stereocenters. The first-order chi connectivity index (χ1) is 8.82. The van der Waals surface area contributed by atoms with Crippen molar-refractivity contribution in [1.29, 1.82) is 0 Å². The SMILES string of the molecule is Cc1cc([N+](=O)[O-])c(C)cc1OCCC(N)C(=O)O. The van der Waals surface area contributed by atoms with Crippen molar-refractivity contribution in [3.05, 3.63) is 33.4 Å². The van der Waals surface area contributed by atoms with Gasteiger partial charge in [0.25, 0.3) is 5.69 Å². The first-order valence-electron chi connectivity index (χ1n) is 5.69. The molecule has 1 rings (SSSR count). The van der Waals surface area contributed by atoms with Crippen LogP contribution < -0.4 is 10.5 Å². The molecule has 0 heterocycles. The van der Waals surface area contributed by atoms with Gasteiger partial charge < -0.3 is 15.6 Å². The van der Waals surface area contributed by atoms with Crippen LogP contribution in [0.1, 0.15) is 17.5 Å². The number of nitrogens with zero attached hydrogens (tertiary/aromatic N) is 1. The molecule has 0 aromatic heterocycles. The van der Waals surface area contributed by atoms with E-state index >= 15 is 0 Å². The topological polar surface area (TPSA) is 116 Å². The second kappa shape index (κ2) is 6.14. The number of hydrogen-bond donors (Lipinski definition) is 2. The third-order valence-electron chi connectivity index (χ3n) is 2.69. The zero-order valence-corrected chi connectivity index (χ0v) is 10.8. The van der Waals surface area contributed by atoms with Gasteiger partial charge in [0.2, 0.25) is 0 Å². The Morgan fingerprint density at radius 2 is 2.11 bits per heavy atom. The van der Waals surface area contributed by atoms with Crippen LogP contribution in [-0.2, 0) is 4.79 Å². The summed E-state index contributed by atoms with van der Waals surface area (Å²) in [4.78, 5) is 20.8. The molecule has 0 amide bonds. The largest absolute Gasteiger partial charge is 0.493 e. The van der Waals surface area contributed by atoms with Crippen molar-refractivity contribution in [3.63, 3.8) is 0 Å². The number of nitrogens with two attached hydrogens (primary N) is 1. The molecule has 0 bridgehead atoms. The second-order valence-electron chi connectivity index (χ2n) is 4.24. The van der Waals surface area contributed by atoms with Crippen LogP contribution in [0.25, 0.3) is 0 Å². The molecular weight excluding hydrogens is 252 g/mol. The Labute approximate surface area is 110 Å². The number of nitro benzene ring substituents is 1. The molecule has 0 aliphatic carbocycles. The van der Waals surface area contributed by atoms with E-state index < -0.39 is 16.9 Å². The number of ether oxygens (including phenoxy) is 1. The van der Waals surface area contributed by atoms with E-state index in [0.29, 0.717) is 16.9 Å². The summed E-state index contributed by atoms with van der Waals surface area (Å²) in [5.74, 6) is -0.583. The number of carboxylic acid groups (broad SMARTS) is 1. The minimum Gasteiger partial charge on any atom is -0.493 e. The van der Waals surface area contributed by atoms with Crippen molar-refractivity contribution in [3.8, 4) is 5.75 Å². The number of rotatable bonds is 6. The highest BCUT2D eigenvalue weighted by Crippen LogP contribution is 2.27. The predicted octanol–water partition coefficient (Wildman–Crippen LogP) is 1.39. The average molecular weight is 268 g/mol. The van der Waals surface area contributed by atoms with E-state index in [2.05, 4.69) is 0 Å². The van der Waals surface area contributed by atoms with E-state index in [1.165, 1.54) is 6.07 Å². The maximum absolute atomic E-state index is 10.7. The highest BCUT2D eigenvalue weighted by Gasteiger charge is 2.15. The van der Waals surface area contributed by atoms with Crippen LogP contribution in [-0.4, -0.2) is 28.6 Å². The van der Waals surface area contributed by atoms with Gasteiger partial charge in [-0.3, -0.25) is 14.9 Å². The van der Waals surface area contributed by atoms with Crippen LogP contribution in [0.3, 0.4) is 0 Å². The minimum absolute atomic E-state index is 0.0343. The Morgan fingerprint density at radius 1 is 1.47 bits per heavy atom. The van der Waals surface area contributed by atoms with Crippen molar-refractivity contribution in [1.82, 2.24) is 0 Å². The summed E-state index contributed by atoms with van der Waals surface area (Å²) < 4.78 is 5.41. The van der Waals surface area contributed by atoms with Crippen LogP contribution >= 0.6 is 0 Å². The quantitative estimate of drug-likeness (QED) is 0.595. The highest BCUT2D eigenvalue weighted by molar-refractivity contribution is 5.72. The van der Waals surface area contributed by atoms with Gasteiger partial charge in [-0.2, -0.15) is 0 Å². The van der Waals surface area contributed by atoms with Crippen LogP contribution in [0.5, 0.6) is 5.75 Å². The summed E-state index contributed by atoms with van der Waals surface area (Å²) in [5, 5.41) is 19.4. The zero-order chi connectivity index (χ0) is 14.6. The molecule has 7 nitrogen and oxygen atoms in total. The number of aryl methyl sites for hydroxylation is 2. The van der Waals surface area contributed by atoms with Crippen LogP contribution in [0.15, 0.2) is 12.1 Å². The van der Waals surface area contributed by atoms with E-state index in [4.69, 9.17) is 15.6 Å². The third kappa shape index (κ3) is 3.92. The van der Waals surface area contributed by atoms with Gasteiger partial charge in [0, 0.05) is 18.1 Å². The monoisotopic (exact) mass is 268 g/mol. The van der Waals surface area contributed by atoms with Gasteiger partial charge in [0.05, 0.1) is 11.5 Å². The molecular formula is C12H16N2O5. The molecule has 0 spiro atoms. The van der Waals surface area contributed by atoms with Crippen molar-refractivity contribution < 1.29 is 19.6 Å². The lowest BCUT2D eigenvalue weighted by Gasteiger charge is -2.11. The molecule has 3 N–H and O–H groups in total. The Kier molecular flexibility index (Phi) is 4.82. The Balaban J connectivity index is 2.72. The van der Waals surface area contributed by atoms with Gasteiger partial charge in [0.15, 0.2) is 0 Å². The third-order valence-corrected chi connectivity index (χ3v) is 2.69. The van der Waals surface area contributed by atoms with Crippen molar-refractivity contribution in [2.45, 2.75) is 26.3 Å². The molecule has 0 aliphatic heterocycles. The molecule has 0 radical (unpaired) electrons. The molecule has 1 unspecified atom stereocenters. The summed E-state index contributed by atoms with van der Waals surface area (Å²) in [5.41, 5.74) is 6.50. The molecule has 0 aliphatic rings. The maximum Gasteiger partial charge on any atom is 0.320 e. The maximum atomic E-state index is 10.7. The summed E-state index contributed by atoms with van der Waals surface area (Å²) in [6.45, 7) is 3.46. The summed E-state index contributed by atoms with van der Waals surface area (Å²) in [6.07, 6.45) is 0.171. The van der Waals surface area contributed by atoms with Crippen molar-refractivity contribution >= 4 is 11.7 Å². The number of carbonyl (C=O) groups is 1. The second-order valence-corrected chi connectivity index (χ2v) is 4.24. The number of hydrogen-bond acceptors (Lipinski definition) is 5. The number of nitro groups is 1. The standard InChI is InChI=1S/C12H16N2O5/c1-7-6-11(8(2)5-10(7)14(17)18)19-4-3-9(13)12(15)16/h5-6,9H,3-4,13H2,1-2H3,(H,15,16). The fourth-order valence-electron chi connectivity index (χ4n) is 1.55. The fraction of sp³-hybridized carbons (Fsp3) is 0.417. The van der Waals surface area contributed by atoms with Gasteiger partial charge in [-0.1, -0.05) is 0 Å². The average Bonchev–Trinajstić information content (AvgIpc) is 2.32. The predicted molar refractivity (Wildman–Crippen MR) is 68.3 cm³/mol. The molecule has 1 aromatic rings. The van der Waals surface area contributed by atoms with Crippen LogP contribution in [0.4, 0.5) is 5.69 Å². The summed E-state index contributed by atoms with van der Waals surface area (Å²) in [7, 11) is 0. The summed E-state index contributed by atoms with van der Waals surface area (Å²) >= 11 is 0. The Morgan fingerprint density at radius 3 is 2.63 bits per heavy atom. The van der Waals surface area contributed by atoms with Crippen LogP contribution in [0.2, 0.25) is 0 Å². The zero-order valence-electron chi connectivity index (χ0n) is 10.8. The number of benzene rings is 1. The number of carboxylic acids is 1. The summed E-state index contributed by atoms with van der Waals surface area (Å²) in [6, 6.07) is 2.03. The molecule has 104 valence electrons. The first-order valence-corrected chi connectivity index (χ1v) is 5.69. The molecule has 1 aromatic carbocycles. The normalized spacial score (nSPS) is 11.9. The van der Waals surface area contributed by atoms with Gasteiger partial charge in [-0.25, -0.2) is 0 Å². The van der Waals surface area contributed by atoms with E-state index in [0.717, 1.165) is 0 Å². The lowest BCUT2D eigenvalue weighted by Crippen LogP contribution is -2.31. The fourth-order valence-corrected chi connectivity index (χ4v) is 1.55. The van der Waals surface area contributed by atoms with E-state index in [1.807, 2.05) is 0 Å². The first kappa shape index (κ1) is 14.9. The van der Waals surface area contributed by atoms with Crippen molar-refractivity contribution in [2.75, 3.05) is 6.61 Å². The van der Waals surface area contributed by atoms with Gasteiger partial charge >= 0.3 is 5.97 Å². The lowest BCUT2D eigenvalue weighted by molar-refractivity contribution is -0.385. The number of aliphatic carboxylic acids is 1. The van der Waals surface area contributed by atoms with Gasteiger partial charge in [-0.05, 0) is 25.5 Å². The minimum atomic E-state index is -1.08. The Hall–Kier alpha value is -2.15. The molecule has 19 heavy (non-hydrogen) atoms. The lowest BCUT2D eigenvalue weighted by atomic mass is 10.1. The highest BCUT2D eigenvalue weighted by atomic mass is 16.6. The molecule has 0 fully saturated rings. The molecule has 0 saturated heterocycles.